The van der Waals surface area contributed by atoms with Gasteiger partial charge in [0.2, 0.25) is 22.3 Å². The van der Waals surface area contributed by atoms with Gasteiger partial charge in [-0.05, 0) is 17.5 Å². The fourth-order valence-corrected chi connectivity index (χ4v) is 4.84. The van der Waals surface area contributed by atoms with E-state index >= 15 is 0 Å². The van der Waals surface area contributed by atoms with Gasteiger partial charge in [-0.15, -0.1) is 0 Å². The van der Waals surface area contributed by atoms with E-state index in [-0.39, 0.29) is 32.1 Å². The molecule has 1 heterocycles. The fraction of sp³-hybridized carbons (Fsp3) is 0.241. The first kappa shape index (κ1) is 28.5. The number of esters is 1. The Morgan fingerprint density at radius 3 is 2.05 bits per heavy atom. The molecule has 10 nitrogen and oxygen atoms in total. The second-order valence-electron chi connectivity index (χ2n) is 9.33. The number of benzene rings is 3. The van der Waals surface area contributed by atoms with Gasteiger partial charge in [-0.25, -0.2) is 22.7 Å². The lowest BCUT2D eigenvalue weighted by Gasteiger charge is -2.19. The number of nitrogens with zero attached hydrogens (tertiary/aromatic N) is 1. The van der Waals surface area contributed by atoms with Crippen molar-refractivity contribution in [2.45, 2.75) is 31.6 Å². The van der Waals surface area contributed by atoms with Crippen molar-refractivity contribution in [2.75, 3.05) is 12.8 Å². The summed E-state index contributed by atoms with van der Waals surface area (Å²) in [6.45, 7) is -0.185. The van der Waals surface area contributed by atoms with Gasteiger partial charge in [0.05, 0.1) is 12.2 Å². The molecule has 2 amide bonds. The minimum atomic E-state index is -3.72. The molecular formula is C29H30N3O7S+. The summed E-state index contributed by atoms with van der Waals surface area (Å²) in [5, 5.41) is 2.63. The molecule has 4 rings (SSSR count). The van der Waals surface area contributed by atoms with Crippen LogP contribution in [-0.4, -0.2) is 56.0 Å². The molecule has 1 aliphatic heterocycles. The lowest BCUT2D eigenvalue weighted by atomic mass is 9.94. The van der Waals surface area contributed by atoms with Crippen molar-refractivity contribution in [1.29, 1.82) is 0 Å². The molecule has 11 heteroatoms. The summed E-state index contributed by atoms with van der Waals surface area (Å²) in [6, 6.07) is 24.5. The molecule has 0 saturated heterocycles. The van der Waals surface area contributed by atoms with Crippen molar-refractivity contribution in [3.05, 3.63) is 102 Å². The smallest absolute Gasteiger partial charge is 0.408 e. The van der Waals surface area contributed by atoms with Crippen molar-refractivity contribution in [1.82, 2.24) is 10.0 Å². The quantitative estimate of drug-likeness (QED) is 0.270. The van der Waals surface area contributed by atoms with Gasteiger partial charge in [-0.1, -0.05) is 78.9 Å². The Kier molecular flexibility index (Phi) is 9.28. The molecule has 2 N–H and O–H groups in total. The van der Waals surface area contributed by atoms with E-state index in [9.17, 15) is 22.8 Å². The van der Waals surface area contributed by atoms with Crippen molar-refractivity contribution in [3.8, 4) is 0 Å². The van der Waals surface area contributed by atoms with Crippen LogP contribution >= 0.6 is 0 Å². The SMILES string of the molecule is CS(=O)(=O)NC(=O)C[N+]1=CC(C[C@H](NC(=O)OCc2ccccc2)C(=O)OCc2ccccc2)c2ccccc21. The first-order valence-electron chi connectivity index (χ1n) is 12.6. The lowest BCUT2D eigenvalue weighted by Crippen LogP contribution is -2.43. The zero-order valence-corrected chi connectivity index (χ0v) is 22.7. The first-order valence-corrected chi connectivity index (χ1v) is 14.5. The molecule has 0 saturated carbocycles. The van der Waals surface area contributed by atoms with Crippen molar-refractivity contribution >= 4 is 39.9 Å². The Morgan fingerprint density at radius 2 is 1.43 bits per heavy atom. The predicted molar refractivity (Wildman–Crippen MR) is 147 cm³/mol. The molecule has 3 aromatic rings. The van der Waals surface area contributed by atoms with Gasteiger partial charge in [0.1, 0.15) is 19.3 Å². The highest BCUT2D eigenvalue weighted by Crippen LogP contribution is 2.34. The van der Waals surface area contributed by atoms with Crippen LogP contribution in [-0.2, 0) is 42.3 Å². The van der Waals surface area contributed by atoms with E-state index in [1.54, 1.807) is 22.9 Å². The molecule has 1 aliphatic rings. The Bertz CT molecular complexity index is 1490. The molecule has 208 valence electrons. The molecule has 3 aromatic carbocycles. The van der Waals surface area contributed by atoms with E-state index in [1.165, 1.54) is 0 Å². The number of nitrogens with one attached hydrogen (secondary N) is 2. The van der Waals surface area contributed by atoms with Crippen LogP contribution in [0.4, 0.5) is 10.5 Å². The van der Waals surface area contributed by atoms with E-state index in [0.717, 1.165) is 22.9 Å². The number of hydrogen-bond acceptors (Lipinski definition) is 7. The molecule has 0 fully saturated rings. The Hall–Kier alpha value is -4.51. The van der Waals surface area contributed by atoms with Gasteiger partial charge < -0.3 is 14.8 Å². The van der Waals surface area contributed by atoms with Gasteiger partial charge in [-0.3, -0.25) is 4.79 Å². The highest BCUT2D eigenvalue weighted by molar-refractivity contribution is 7.89. The zero-order chi connectivity index (χ0) is 28.5. The first-order chi connectivity index (χ1) is 19.2. The predicted octanol–water partition coefficient (Wildman–Crippen LogP) is 3.00. The molecule has 0 aliphatic carbocycles. The Morgan fingerprint density at radius 1 is 0.850 bits per heavy atom. The number of sulfonamides is 1. The number of carbonyl (C=O) groups is 3. The molecule has 1 unspecified atom stereocenters. The van der Waals surface area contributed by atoms with Crippen LogP contribution in [0.2, 0.25) is 0 Å². The number of ether oxygens (including phenoxy) is 2. The number of para-hydroxylation sites is 1. The van der Waals surface area contributed by atoms with Crippen molar-refractivity contribution in [2.24, 2.45) is 0 Å². The van der Waals surface area contributed by atoms with E-state index in [1.807, 2.05) is 77.5 Å². The van der Waals surface area contributed by atoms with E-state index in [2.05, 4.69) is 5.32 Å². The molecule has 40 heavy (non-hydrogen) atoms. The summed E-state index contributed by atoms with van der Waals surface area (Å²) in [7, 11) is -3.72. The van der Waals surface area contributed by atoms with E-state index in [4.69, 9.17) is 9.47 Å². The Labute approximate surface area is 232 Å². The van der Waals surface area contributed by atoms with Crippen LogP contribution in [0.5, 0.6) is 0 Å². The molecule has 0 bridgehead atoms. The van der Waals surface area contributed by atoms with Gasteiger partial charge >= 0.3 is 12.1 Å². The van der Waals surface area contributed by atoms with Crippen LogP contribution in [0.25, 0.3) is 0 Å². The third-order valence-electron chi connectivity index (χ3n) is 6.12. The maximum absolute atomic E-state index is 13.2. The summed E-state index contributed by atoms with van der Waals surface area (Å²) in [4.78, 5) is 38.2. The highest BCUT2D eigenvalue weighted by atomic mass is 32.2. The summed E-state index contributed by atoms with van der Waals surface area (Å²) in [6.07, 6.45) is 1.99. The monoisotopic (exact) mass is 564 g/mol. The normalized spacial score (nSPS) is 14.8. The lowest BCUT2D eigenvalue weighted by molar-refractivity contribution is -0.420. The maximum Gasteiger partial charge on any atom is 0.408 e. The fourth-order valence-electron chi connectivity index (χ4n) is 4.36. The molecular weight excluding hydrogens is 534 g/mol. The zero-order valence-electron chi connectivity index (χ0n) is 21.9. The summed E-state index contributed by atoms with van der Waals surface area (Å²) in [5.41, 5.74) is 3.10. The van der Waals surface area contributed by atoms with Gasteiger partial charge in [0.25, 0.3) is 5.91 Å². The van der Waals surface area contributed by atoms with E-state index < -0.39 is 34.0 Å². The minimum absolute atomic E-state index is 0.0275. The number of alkyl carbamates (subject to hydrolysis) is 1. The number of carbonyl (C=O) groups excluding carboxylic acids is 3. The third kappa shape index (κ3) is 8.24. The number of amides is 2. The topological polar surface area (TPSA) is 131 Å². The third-order valence-corrected chi connectivity index (χ3v) is 6.72. The van der Waals surface area contributed by atoms with Gasteiger partial charge in [-0.2, -0.15) is 4.58 Å². The molecule has 2 atom stereocenters. The Balaban J connectivity index is 1.50. The maximum atomic E-state index is 13.2. The summed E-state index contributed by atoms with van der Waals surface area (Å²) >= 11 is 0. The van der Waals surface area contributed by atoms with Crippen LogP contribution in [0.1, 0.15) is 29.0 Å². The van der Waals surface area contributed by atoms with Gasteiger partial charge in [0.15, 0.2) is 6.21 Å². The van der Waals surface area contributed by atoms with Crippen LogP contribution < -0.4 is 10.0 Å². The number of fused-ring (bicyclic) bond motifs is 1. The van der Waals surface area contributed by atoms with Crippen LogP contribution in [0.15, 0.2) is 84.9 Å². The number of hydrogen-bond donors (Lipinski definition) is 2. The average molecular weight is 565 g/mol. The number of rotatable bonds is 11. The van der Waals surface area contributed by atoms with Crippen molar-refractivity contribution < 1.29 is 36.9 Å². The summed E-state index contributed by atoms with van der Waals surface area (Å²) in [5.74, 6) is -1.72. The van der Waals surface area contributed by atoms with Crippen LogP contribution in [0, 0.1) is 0 Å². The second kappa shape index (κ2) is 13.0. The van der Waals surface area contributed by atoms with Gasteiger partial charge in [0, 0.05) is 11.6 Å². The second-order valence-corrected chi connectivity index (χ2v) is 11.1. The summed E-state index contributed by atoms with van der Waals surface area (Å²) < 4.78 is 37.4. The molecule has 0 radical (unpaired) electrons. The molecule has 0 spiro atoms. The largest absolute Gasteiger partial charge is 0.459 e. The van der Waals surface area contributed by atoms with Crippen LogP contribution in [0.3, 0.4) is 0 Å². The highest BCUT2D eigenvalue weighted by Gasteiger charge is 2.36. The minimum Gasteiger partial charge on any atom is -0.459 e. The standard InChI is InChI=1S/C29H29N3O7S/c1-40(36,37)31-27(33)18-32-17-23(24-14-8-9-15-26(24)32)16-25(28(34)38-19-21-10-4-2-5-11-21)30-29(35)39-20-22-12-6-3-7-13-22/h2-15,17,23,25H,16,18-20H2,1H3,(H-,30,31,33,35)/p+1/t23?,25-/m0/s1. The van der Waals surface area contributed by atoms with E-state index in [0.29, 0.717) is 5.69 Å². The average Bonchev–Trinajstić information content (AvgIpc) is 3.27. The molecule has 0 aromatic heterocycles. The van der Waals surface area contributed by atoms with Crippen molar-refractivity contribution in [3.63, 3.8) is 0 Å².